The van der Waals surface area contributed by atoms with Crippen LogP contribution in [-0.2, 0) is 8.85 Å². The molecule has 0 aromatic heterocycles. The predicted octanol–water partition coefficient (Wildman–Crippen LogP) is 7.43. The normalized spacial score (nSPS) is 40.0. The third-order valence-electron chi connectivity index (χ3n) is 9.06. The van der Waals surface area contributed by atoms with Gasteiger partial charge < -0.3 is 8.85 Å². The lowest BCUT2D eigenvalue weighted by atomic mass is 9.84. The van der Waals surface area contributed by atoms with Crippen molar-refractivity contribution in [3.63, 3.8) is 0 Å². The molecule has 2 aliphatic rings. The van der Waals surface area contributed by atoms with E-state index in [0.29, 0.717) is 11.1 Å². The van der Waals surface area contributed by atoms with Crippen LogP contribution in [0.3, 0.4) is 0 Å². The number of rotatable bonds is 10. The Hall–Kier alpha value is 0.137. The van der Waals surface area contributed by atoms with Gasteiger partial charge in [0.1, 0.15) is 0 Å². The quantitative estimate of drug-likeness (QED) is 0.357. The molecule has 8 atom stereocenters. The largest absolute Gasteiger partial charge is 0.397 e. The molecule has 3 heteroatoms. The third-order valence-corrected chi connectivity index (χ3v) is 13.7. The molecule has 0 amide bonds. The predicted molar refractivity (Wildman–Crippen MR) is 119 cm³/mol. The molecule has 2 rings (SSSR count). The van der Waals surface area contributed by atoms with Crippen molar-refractivity contribution in [2.75, 3.05) is 14.2 Å². The van der Waals surface area contributed by atoms with Crippen LogP contribution in [0.15, 0.2) is 0 Å². The summed E-state index contributed by atoms with van der Waals surface area (Å²) in [4.78, 5) is 0. The summed E-state index contributed by atoms with van der Waals surface area (Å²) >= 11 is 0. The highest BCUT2D eigenvalue weighted by Crippen LogP contribution is 2.62. The molecule has 2 saturated carbocycles. The first-order valence-electron chi connectivity index (χ1n) is 12.1. The second kappa shape index (κ2) is 10.3. The van der Waals surface area contributed by atoms with Crippen molar-refractivity contribution < 1.29 is 8.85 Å². The molecule has 0 aliphatic heterocycles. The van der Waals surface area contributed by atoms with Crippen molar-refractivity contribution >= 4 is 8.56 Å². The van der Waals surface area contributed by atoms with Gasteiger partial charge in [-0.05, 0) is 48.3 Å². The summed E-state index contributed by atoms with van der Waals surface area (Å²) in [7, 11) is 1.71. The molecule has 8 unspecified atom stereocenters. The van der Waals surface area contributed by atoms with Gasteiger partial charge in [-0.2, -0.15) is 0 Å². The molecule has 0 aromatic rings. The van der Waals surface area contributed by atoms with Crippen molar-refractivity contribution in [3.05, 3.63) is 0 Å². The summed E-state index contributed by atoms with van der Waals surface area (Å²) in [6, 6.07) is 0. The second-order valence-corrected chi connectivity index (χ2v) is 13.2. The first-order chi connectivity index (χ1) is 13.0. The van der Waals surface area contributed by atoms with Crippen molar-refractivity contribution in [1.29, 1.82) is 0 Å². The monoisotopic (exact) mass is 396 g/mol. The van der Waals surface area contributed by atoms with Crippen LogP contribution in [0.4, 0.5) is 0 Å². The maximum Gasteiger partial charge on any atom is 0.344 e. The first kappa shape index (κ1) is 23.4. The van der Waals surface area contributed by atoms with Gasteiger partial charge in [-0.3, -0.25) is 0 Å². The highest BCUT2D eigenvalue weighted by molar-refractivity contribution is 6.70. The van der Waals surface area contributed by atoms with Gasteiger partial charge in [0.2, 0.25) is 0 Å². The molecule has 2 aliphatic carbocycles. The van der Waals surface area contributed by atoms with Gasteiger partial charge in [0.25, 0.3) is 0 Å². The molecule has 27 heavy (non-hydrogen) atoms. The summed E-state index contributed by atoms with van der Waals surface area (Å²) in [6.45, 7) is 14.4. The standard InChI is InChI=1S/C24H48O2Si/c1-9-17-15-23(21(13-5)19(17)11-3)27(25-7,26-8)24-16-18(10-2)20(12-4)22(24)14-6/h17-24H,9-16H2,1-8H3. The molecule has 0 aromatic carbocycles. The van der Waals surface area contributed by atoms with Crippen LogP contribution >= 0.6 is 0 Å². The molecule has 0 spiro atoms. The van der Waals surface area contributed by atoms with E-state index in [9.17, 15) is 0 Å². The van der Waals surface area contributed by atoms with Gasteiger partial charge in [-0.15, -0.1) is 0 Å². The summed E-state index contributed by atoms with van der Waals surface area (Å²) in [5.41, 5.74) is 1.36. The van der Waals surface area contributed by atoms with Crippen molar-refractivity contribution in [3.8, 4) is 0 Å². The Morgan fingerprint density at radius 2 is 0.889 bits per heavy atom. The highest BCUT2D eigenvalue weighted by atomic mass is 28.4. The lowest BCUT2D eigenvalue weighted by molar-refractivity contribution is 0.183. The zero-order chi connectivity index (χ0) is 20.2. The average molecular weight is 397 g/mol. The smallest absolute Gasteiger partial charge is 0.344 e. The summed E-state index contributed by atoms with van der Waals surface area (Å²) in [5, 5.41) is 0. The molecule has 0 N–H and O–H groups in total. The fourth-order valence-corrected chi connectivity index (χ4v) is 13.3. The topological polar surface area (TPSA) is 18.5 Å². The van der Waals surface area contributed by atoms with Crippen molar-refractivity contribution in [2.45, 2.75) is 104 Å². The van der Waals surface area contributed by atoms with Gasteiger partial charge >= 0.3 is 8.56 Å². The van der Waals surface area contributed by atoms with Gasteiger partial charge in [-0.25, -0.2) is 0 Å². The Balaban J connectivity index is 2.44. The fourth-order valence-electron chi connectivity index (χ4n) is 7.92. The Kier molecular flexibility index (Phi) is 8.89. The molecular formula is C24H48O2Si. The van der Waals surface area contributed by atoms with E-state index in [1.807, 2.05) is 14.2 Å². The van der Waals surface area contributed by atoms with E-state index in [0.717, 1.165) is 35.5 Å². The Labute approximate surface area is 171 Å². The van der Waals surface area contributed by atoms with Gasteiger partial charge in [0.15, 0.2) is 0 Å². The van der Waals surface area contributed by atoms with E-state index in [4.69, 9.17) is 8.85 Å². The zero-order valence-electron chi connectivity index (χ0n) is 19.6. The summed E-state index contributed by atoms with van der Waals surface area (Å²) in [5.74, 6) is 5.06. The van der Waals surface area contributed by atoms with Crippen LogP contribution in [0.1, 0.15) is 92.9 Å². The fraction of sp³-hybridized carbons (Fsp3) is 1.00. The molecule has 0 bridgehead atoms. The van der Waals surface area contributed by atoms with Gasteiger partial charge in [0, 0.05) is 25.3 Å². The van der Waals surface area contributed by atoms with E-state index in [2.05, 4.69) is 41.5 Å². The second-order valence-electron chi connectivity index (χ2n) is 9.44. The molecular weight excluding hydrogens is 348 g/mol. The number of hydrogen-bond acceptors (Lipinski definition) is 2. The molecule has 2 nitrogen and oxygen atoms in total. The lowest BCUT2D eigenvalue weighted by Crippen LogP contribution is -2.52. The maximum atomic E-state index is 6.61. The van der Waals surface area contributed by atoms with Crippen LogP contribution < -0.4 is 0 Å². The van der Waals surface area contributed by atoms with Crippen molar-refractivity contribution in [1.82, 2.24) is 0 Å². The zero-order valence-corrected chi connectivity index (χ0v) is 20.6. The van der Waals surface area contributed by atoms with Crippen LogP contribution in [-0.4, -0.2) is 22.8 Å². The molecule has 0 heterocycles. The summed E-state index contributed by atoms with van der Waals surface area (Å²) < 4.78 is 13.2. The van der Waals surface area contributed by atoms with E-state index in [-0.39, 0.29) is 0 Å². The molecule has 2 fully saturated rings. The number of hydrogen-bond donors (Lipinski definition) is 0. The van der Waals surface area contributed by atoms with Crippen LogP contribution in [0.5, 0.6) is 0 Å². The first-order valence-corrected chi connectivity index (χ1v) is 14.1. The maximum absolute atomic E-state index is 6.61. The van der Waals surface area contributed by atoms with Crippen LogP contribution in [0, 0.1) is 35.5 Å². The van der Waals surface area contributed by atoms with Gasteiger partial charge in [-0.1, -0.05) is 80.1 Å². The van der Waals surface area contributed by atoms with E-state index < -0.39 is 8.56 Å². The van der Waals surface area contributed by atoms with Crippen LogP contribution in [0.2, 0.25) is 11.1 Å². The van der Waals surface area contributed by atoms with Gasteiger partial charge in [0.05, 0.1) is 0 Å². The Morgan fingerprint density at radius 1 is 0.556 bits per heavy atom. The van der Waals surface area contributed by atoms with Crippen molar-refractivity contribution in [2.24, 2.45) is 35.5 Å². The Bertz CT molecular complexity index is 400. The molecule has 0 radical (unpaired) electrons. The summed E-state index contributed by atoms with van der Waals surface area (Å²) in [6.07, 6.45) is 10.6. The minimum absolute atomic E-state index is 0.680. The highest BCUT2D eigenvalue weighted by Gasteiger charge is 2.62. The average Bonchev–Trinajstić information content (AvgIpc) is 3.26. The van der Waals surface area contributed by atoms with E-state index in [1.165, 1.54) is 51.4 Å². The van der Waals surface area contributed by atoms with E-state index >= 15 is 0 Å². The molecule has 160 valence electrons. The SMILES string of the molecule is CCC1CC([Si](OC)(OC)C2CC(CC)C(CC)C2CC)C(CC)C1CC. The minimum Gasteiger partial charge on any atom is -0.397 e. The van der Waals surface area contributed by atoms with Crippen LogP contribution in [0.25, 0.3) is 0 Å². The Morgan fingerprint density at radius 3 is 1.11 bits per heavy atom. The third kappa shape index (κ3) is 3.94. The van der Waals surface area contributed by atoms with E-state index in [1.54, 1.807) is 0 Å². The minimum atomic E-state index is -2.28. The molecule has 0 saturated heterocycles. The lowest BCUT2D eigenvalue weighted by Gasteiger charge is -2.43.